The van der Waals surface area contributed by atoms with Crippen molar-refractivity contribution < 1.29 is 0 Å². The van der Waals surface area contributed by atoms with Crippen LogP contribution in [0.1, 0.15) is 12.0 Å². The smallest absolute Gasteiger partial charge is 0.0175 e. The zero-order valence-corrected chi connectivity index (χ0v) is 9.37. The van der Waals surface area contributed by atoms with Crippen molar-refractivity contribution >= 4 is 22.0 Å². The summed E-state index contributed by atoms with van der Waals surface area (Å²) in [6.45, 7) is 0. The Bertz CT molecular complexity index is 394. The van der Waals surface area contributed by atoms with Crippen LogP contribution in [0.5, 0.6) is 0 Å². The van der Waals surface area contributed by atoms with Crippen molar-refractivity contribution in [2.24, 2.45) is 0 Å². The molecule has 14 heavy (non-hydrogen) atoms. The van der Waals surface area contributed by atoms with Crippen molar-refractivity contribution in [2.45, 2.75) is 6.42 Å². The van der Waals surface area contributed by atoms with Gasteiger partial charge in [-0.15, -0.1) is 0 Å². The molecule has 0 saturated carbocycles. The van der Waals surface area contributed by atoms with Crippen LogP contribution in [0.4, 0.5) is 0 Å². The van der Waals surface area contributed by atoms with Gasteiger partial charge in [-0.3, -0.25) is 0 Å². The molecular formula is C13H11Br. The first-order valence-electron chi connectivity index (χ1n) is 4.64. The third kappa shape index (κ3) is 2.46. The molecule has 1 aliphatic carbocycles. The Morgan fingerprint density at radius 3 is 2.50 bits per heavy atom. The second-order valence-corrected chi connectivity index (χ2v) is 4.17. The summed E-state index contributed by atoms with van der Waals surface area (Å²) in [4.78, 5) is 0. The van der Waals surface area contributed by atoms with E-state index < -0.39 is 0 Å². The molecule has 0 amide bonds. The molecule has 0 radical (unpaired) electrons. The van der Waals surface area contributed by atoms with Gasteiger partial charge in [0.1, 0.15) is 0 Å². The maximum Gasteiger partial charge on any atom is 0.0175 e. The van der Waals surface area contributed by atoms with Gasteiger partial charge in [0.05, 0.1) is 0 Å². The number of halogens is 1. The molecule has 0 aliphatic heterocycles. The van der Waals surface area contributed by atoms with Crippen molar-refractivity contribution in [2.75, 3.05) is 0 Å². The van der Waals surface area contributed by atoms with Crippen molar-refractivity contribution in [1.82, 2.24) is 0 Å². The molecule has 0 bridgehead atoms. The van der Waals surface area contributed by atoms with Crippen LogP contribution in [0.15, 0.2) is 58.6 Å². The second-order valence-electron chi connectivity index (χ2n) is 3.26. The third-order valence-electron chi connectivity index (χ3n) is 2.16. The zero-order chi connectivity index (χ0) is 9.80. The maximum absolute atomic E-state index is 3.42. The number of allylic oxidation sites excluding steroid dienone is 5. The van der Waals surface area contributed by atoms with Crippen molar-refractivity contribution in [1.29, 1.82) is 0 Å². The highest BCUT2D eigenvalue weighted by atomic mass is 79.9. The SMILES string of the molecule is Brc1ccc(/C=C/C2=CC=CC2)cc1. The monoisotopic (exact) mass is 246 g/mol. The summed E-state index contributed by atoms with van der Waals surface area (Å²) in [5.41, 5.74) is 2.61. The van der Waals surface area contributed by atoms with Crippen LogP contribution in [0, 0.1) is 0 Å². The fraction of sp³-hybridized carbons (Fsp3) is 0.0769. The normalized spacial score (nSPS) is 15.1. The van der Waals surface area contributed by atoms with E-state index in [1.54, 1.807) is 0 Å². The minimum Gasteiger partial charge on any atom is -0.0801 e. The largest absolute Gasteiger partial charge is 0.0801 e. The molecule has 1 aromatic rings. The van der Waals surface area contributed by atoms with Crippen LogP contribution < -0.4 is 0 Å². The molecule has 0 saturated heterocycles. The van der Waals surface area contributed by atoms with Crippen LogP contribution >= 0.6 is 15.9 Å². The number of hydrogen-bond acceptors (Lipinski definition) is 0. The Labute approximate surface area is 92.8 Å². The molecule has 1 heteroatoms. The average molecular weight is 247 g/mol. The topological polar surface area (TPSA) is 0 Å². The maximum atomic E-state index is 3.42. The van der Waals surface area contributed by atoms with Crippen molar-refractivity contribution in [3.63, 3.8) is 0 Å². The zero-order valence-electron chi connectivity index (χ0n) is 7.78. The van der Waals surface area contributed by atoms with E-state index in [4.69, 9.17) is 0 Å². The molecule has 70 valence electrons. The average Bonchev–Trinajstić information content (AvgIpc) is 2.70. The molecule has 0 heterocycles. The molecule has 0 fully saturated rings. The Morgan fingerprint density at radius 2 is 1.86 bits per heavy atom. The quantitative estimate of drug-likeness (QED) is 0.728. The highest BCUT2D eigenvalue weighted by Crippen LogP contribution is 2.15. The highest BCUT2D eigenvalue weighted by Gasteiger charge is 1.93. The minimum atomic E-state index is 1.06. The van der Waals surface area contributed by atoms with Gasteiger partial charge in [0, 0.05) is 4.47 Å². The van der Waals surface area contributed by atoms with Gasteiger partial charge in [-0.05, 0) is 29.7 Å². The number of hydrogen-bond donors (Lipinski definition) is 0. The summed E-state index contributed by atoms with van der Waals surface area (Å²) in [6, 6.07) is 8.31. The van der Waals surface area contributed by atoms with E-state index in [1.807, 2.05) is 0 Å². The first kappa shape index (κ1) is 9.47. The number of benzene rings is 1. The van der Waals surface area contributed by atoms with E-state index in [-0.39, 0.29) is 0 Å². The third-order valence-corrected chi connectivity index (χ3v) is 2.69. The summed E-state index contributed by atoms with van der Waals surface area (Å²) < 4.78 is 1.12. The summed E-state index contributed by atoms with van der Waals surface area (Å²) in [5.74, 6) is 0. The van der Waals surface area contributed by atoms with Gasteiger partial charge >= 0.3 is 0 Å². The van der Waals surface area contributed by atoms with Crippen LogP contribution in [0.25, 0.3) is 6.08 Å². The van der Waals surface area contributed by atoms with Crippen LogP contribution in [0.2, 0.25) is 0 Å². The van der Waals surface area contributed by atoms with E-state index in [9.17, 15) is 0 Å². The summed E-state index contributed by atoms with van der Waals surface area (Å²) in [5, 5.41) is 0. The van der Waals surface area contributed by atoms with E-state index in [2.05, 4.69) is 70.6 Å². The Kier molecular flexibility index (Phi) is 3.00. The predicted octanol–water partition coefficient (Wildman–Crippen LogP) is 4.35. The molecule has 2 rings (SSSR count). The fourth-order valence-electron chi connectivity index (χ4n) is 1.36. The van der Waals surface area contributed by atoms with E-state index >= 15 is 0 Å². The highest BCUT2D eigenvalue weighted by molar-refractivity contribution is 9.10. The Balaban J connectivity index is 2.07. The molecule has 0 spiro atoms. The molecule has 0 nitrogen and oxygen atoms in total. The lowest BCUT2D eigenvalue weighted by atomic mass is 10.1. The standard InChI is InChI=1S/C13H11Br/c14-13-9-7-12(8-10-13)6-5-11-3-1-2-4-11/h1-3,5-10H,4H2/b6-5+. The molecular weight excluding hydrogens is 236 g/mol. The summed E-state index contributed by atoms with van der Waals surface area (Å²) in [6.07, 6.45) is 11.8. The Hall–Kier alpha value is -1.08. The molecule has 0 unspecified atom stereocenters. The fourth-order valence-corrected chi connectivity index (χ4v) is 1.63. The molecule has 0 atom stereocenters. The molecule has 1 aliphatic rings. The summed E-state index contributed by atoms with van der Waals surface area (Å²) in [7, 11) is 0. The predicted molar refractivity (Wildman–Crippen MR) is 65.0 cm³/mol. The molecule has 0 N–H and O–H groups in total. The van der Waals surface area contributed by atoms with Gasteiger partial charge in [-0.2, -0.15) is 0 Å². The van der Waals surface area contributed by atoms with Crippen LogP contribution in [-0.4, -0.2) is 0 Å². The van der Waals surface area contributed by atoms with Crippen molar-refractivity contribution in [3.8, 4) is 0 Å². The van der Waals surface area contributed by atoms with Gasteiger partial charge in [0.2, 0.25) is 0 Å². The summed E-state index contributed by atoms with van der Waals surface area (Å²) >= 11 is 3.42. The van der Waals surface area contributed by atoms with E-state index in [0.29, 0.717) is 0 Å². The van der Waals surface area contributed by atoms with E-state index in [0.717, 1.165) is 10.9 Å². The van der Waals surface area contributed by atoms with Crippen molar-refractivity contribution in [3.05, 3.63) is 64.2 Å². The van der Waals surface area contributed by atoms with E-state index in [1.165, 1.54) is 11.1 Å². The lowest BCUT2D eigenvalue weighted by Gasteiger charge is -1.94. The first-order chi connectivity index (χ1) is 6.84. The molecule has 1 aromatic carbocycles. The molecule has 0 aromatic heterocycles. The Morgan fingerprint density at radius 1 is 1.07 bits per heavy atom. The van der Waals surface area contributed by atoms with Gasteiger partial charge in [-0.1, -0.05) is 58.4 Å². The van der Waals surface area contributed by atoms with Gasteiger partial charge in [0.25, 0.3) is 0 Å². The van der Waals surface area contributed by atoms with Gasteiger partial charge in [0.15, 0.2) is 0 Å². The lowest BCUT2D eigenvalue weighted by molar-refractivity contribution is 1.34. The van der Waals surface area contributed by atoms with Gasteiger partial charge < -0.3 is 0 Å². The minimum absolute atomic E-state index is 1.06. The first-order valence-corrected chi connectivity index (χ1v) is 5.43. The number of rotatable bonds is 2. The lowest BCUT2D eigenvalue weighted by Crippen LogP contribution is -1.72. The van der Waals surface area contributed by atoms with Crippen LogP contribution in [0.3, 0.4) is 0 Å². The van der Waals surface area contributed by atoms with Gasteiger partial charge in [-0.25, -0.2) is 0 Å². The van der Waals surface area contributed by atoms with Crippen LogP contribution in [-0.2, 0) is 0 Å². The second kappa shape index (κ2) is 4.43.